The van der Waals surface area contributed by atoms with E-state index < -0.39 is 0 Å². The smallest absolute Gasteiger partial charge is 0.212 e. The number of thiazole rings is 1. The van der Waals surface area contributed by atoms with Crippen molar-refractivity contribution in [3.05, 3.63) is 54.7 Å². The van der Waals surface area contributed by atoms with Crippen molar-refractivity contribution in [3.8, 4) is 27.9 Å². The molecule has 5 rings (SSSR count). The summed E-state index contributed by atoms with van der Waals surface area (Å²) in [5.74, 6) is 1.36. The molecule has 1 unspecified atom stereocenters. The van der Waals surface area contributed by atoms with Crippen LogP contribution in [0.1, 0.15) is 12.8 Å². The van der Waals surface area contributed by atoms with Crippen LogP contribution < -0.4 is 9.47 Å². The van der Waals surface area contributed by atoms with Gasteiger partial charge in [-0.1, -0.05) is 23.5 Å². The first-order valence-corrected chi connectivity index (χ1v) is 10.00. The summed E-state index contributed by atoms with van der Waals surface area (Å²) in [4.78, 5) is 4.72. The van der Waals surface area contributed by atoms with Crippen LogP contribution in [0.4, 0.5) is 0 Å². The summed E-state index contributed by atoms with van der Waals surface area (Å²) in [7, 11) is 1.64. The molecule has 2 aromatic heterocycles. The summed E-state index contributed by atoms with van der Waals surface area (Å²) in [6.07, 6.45) is 3.46. The zero-order valence-electron chi connectivity index (χ0n) is 15.4. The summed E-state index contributed by atoms with van der Waals surface area (Å²) in [6.45, 7) is 0.733. The molecule has 0 N–H and O–H groups in total. The fraction of sp³-hybridized carbons (Fsp3) is 0.238. The van der Waals surface area contributed by atoms with E-state index in [1.807, 2.05) is 47.1 Å². The Morgan fingerprint density at radius 1 is 1.14 bits per heavy atom. The lowest BCUT2D eigenvalue weighted by atomic mass is 10.1. The van der Waals surface area contributed by atoms with Crippen molar-refractivity contribution in [2.24, 2.45) is 0 Å². The summed E-state index contributed by atoms with van der Waals surface area (Å²) < 4.78 is 20.1. The molecule has 1 aliphatic rings. The number of fused-ring (bicyclic) bond motifs is 1. The van der Waals surface area contributed by atoms with Crippen LogP contribution >= 0.6 is 11.3 Å². The van der Waals surface area contributed by atoms with Crippen molar-refractivity contribution in [3.63, 3.8) is 0 Å². The number of hydrogen-bond donors (Lipinski definition) is 0. The SMILES string of the molecule is COc1ccc(-c2ccnn2-c2nc3ccccc3s2)cc1OC1CCCO1. The van der Waals surface area contributed by atoms with E-state index in [9.17, 15) is 0 Å². The number of nitrogens with zero attached hydrogens (tertiary/aromatic N) is 3. The number of aromatic nitrogens is 3. The maximum atomic E-state index is 6.04. The van der Waals surface area contributed by atoms with Gasteiger partial charge in [-0.05, 0) is 42.8 Å². The Bertz CT molecular complexity index is 1080. The predicted molar refractivity (Wildman–Crippen MR) is 108 cm³/mol. The molecule has 1 atom stereocenters. The van der Waals surface area contributed by atoms with E-state index in [1.165, 1.54) is 0 Å². The van der Waals surface area contributed by atoms with E-state index in [0.29, 0.717) is 11.5 Å². The van der Waals surface area contributed by atoms with Gasteiger partial charge < -0.3 is 14.2 Å². The van der Waals surface area contributed by atoms with Crippen molar-refractivity contribution in [1.29, 1.82) is 0 Å². The van der Waals surface area contributed by atoms with E-state index >= 15 is 0 Å². The molecule has 0 aliphatic carbocycles. The largest absolute Gasteiger partial charge is 0.493 e. The highest BCUT2D eigenvalue weighted by Gasteiger charge is 2.20. The monoisotopic (exact) mass is 393 g/mol. The number of benzene rings is 2. The normalized spacial score (nSPS) is 16.5. The first kappa shape index (κ1) is 17.2. The Hall–Kier alpha value is -2.90. The lowest BCUT2D eigenvalue weighted by Gasteiger charge is -2.16. The van der Waals surface area contributed by atoms with Gasteiger partial charge in [-0.25, -0.2) is 9.67 Å². The molecule has 1 saturated heterocycles. The molecule has 28 heavy (non-hydrogen) atoms. The van der Waals surface area contributed by atoms with Crippen molar-refractivity contribution >= 4 is 21.6 Å². The van der Waals surface area contributed by atoms with Gasteiger partial charge in [0.05, 0.1) is 35.8 Å². The molecule has 0 radical (unpaired) electrons. The van der Waals surface area contributed by atoms with Crippen molar-refractivity contribution in [1.82, 2.24) is 14.8 Å². The Balaban J connectivity index is 1.54. The van der Waals surface area contributed by atoms with Crippen molar-refractivity contribution in [2.75, 3.05) is 13.7 Å². The topological polar surface area (TPSA) is 58.4 Å². The predicted octanol–water partition coefficient (Wildman–Crippen LogP) is 4.67. The summed E-state index contributed by atoms with van der Waals surface area (Å²) in [5, 5.41) is 5.33. The third kappa shape index (κ3) is 3.12. The number of para-hydroxylation sites is 1. The van der Waals surface area contributed by atoms with Crippen molar-refractivity contribution < 1.29 is 14.2 Å². The van der Waals surface area contributed by atoms with Gasteiger partial charge in [0, 0.05) is 12.0 Å². The van der Waals surface area contributed by atoms with E-state index in [4.69, 9.17) is 19.2 Å². The Morgan fingerprint density at radius 3 is 2.89 bits per heavy atom. The second-order valence-corrected chi connectivity index (χ2v) is 7.53. The minimum Gasteiger partial charge on any atom is -0.493 e. The lowest BCUT2D eigenvalue weighted by molar-refractivity contribution is -0.0402. The van der Waals surface area contributed by atoms with Gasteiger partial charge in [0.25, 0.3) is 0 Å². The maximum absolute atomic E-state index is 6.04. The fourth-order valence-corrected chi connectivity index (χ4v) is 4.27. The molecular weight excluding hydrogens is 374 g/mol. The summed E-state index contributed by atoms with van der Waals surface area (Å²) in [6, 6.07) is 16.0. The van der Waals surface area contributed by atoms with Crippen LogP contribution in [-0.4, -0.2) is 34.8 Å². The number of rotatable bonds is 5. The molecular formula is C21H19N3O3S. The molecule has 7 heteroatoms. The number of methoxy groups -OCH3 is 1. The average Bonchev–Trinajstić information content (AvgIpc) is 3.47. The molecule has 0 spiro atoms. The first-order chi connectivity index (χ1) is 13.8. The number of hydrogen-bond acceptors (Lipinski definition) is 6. The van der Waals surface area contributed by atoms with Crippen LogP contribution in [0, 0.1) is 0 Å². The van der Waals surface area contributed by atoms with Gasteiger partial charge in [-0.3, -0.25) is 0 Å². The molecule has 1 aliphatic heterocycles. The Morgan fingerprint density at radius 2 is 2.07 bits per heavy atom. The zero-order valence-corrected chi connectivity index (χ0v) is 16.2. The van der Waals surface area contributed by atoms with E-state index in [1.54, 1.807) is 24.6 Å². The van der Waals surface area contributed by atoms with Crippen LogP contribution in [0.2, 0.25) is 0 Å². The van der Waals surface area contributed by atoms with Gasteiger partial charge >= 0.3 is 0 Å². The van der Waals surface area contributed by atoms with E-state index in [2.05, 4.69) is 11.2 Å². The van der Waals surface area contributed by atoms with Crippen LogP contribution in [0.25, 0.3) is 26.6 Å². The van der Waals surface area contributed by atoms with Crippen LogP contribution in [0.5, 0.6) is 11.5 Å². The second-order valence-electron chi connectivity index (χ2n) is 6.52. The first-order valence-electron chi connectivity index (χ1n) is 9.18. The van der Waals surface area contributed by atoms with Gasteiger partial charge in [0.1, 0.15) is 0 Å². The molecule has 3 heterocycles. The second kappa shape index (κ2) is 7.26. The van der Waals surface area contributed by atoms with Crippen molar-refractivity contribution in [2.45, 2.75) is 19.1 Å². The number of ether oxygens (including phenoxy) is 3. The minimum absolute atomic E-state index is 0.224. The fourth-order valence-electron chi connectivity index (χ4n) is 3.34. The highest BCUT2D eigenvalue weighted by atomic mass is 32.1. The molecule has 6 nitrogen and oxygen atoms in total. The quantitative estimate of drug-likeness (QED) is 0.493. The maximum Gasteiger partial charge on any atom is 0.212 e. The van der Waals surface area contributed by atoms with Gasteiger partial charge in [0.2, 0.25) is 5.13 Å². The summed E-state index contributed by atoms with van der Waals surface area (Å²) in [5.41, 5.74) is 2.89. The van der Waals surface area contributed by atoms with E-state index in [0.717, 1.165) is 46.1 Å². The van der Waals surface area contributed by atoms with Crippen LogP contribution in [0.15, 0.2) is 54.7 Å². The zero-order chi connectivity index (χ0) is 18.9. The lowest BCUT2D eigenvalue weighted by Crippen LogP contribution is -2.14. The third-order valence-electron chi connectivity index (χ3n) is 4.71. The molecule has 2 aromatic carbocycles. The third-order valence-corrected chi connectivity index (χ3v) is 5.72. The van der Waals surface area contributed by atoms with Gasteiger partial charge in [0.15, 0.2) is 17.8 Å². The molecule has 4 aromatic rings. The minimum atomic E-state index is -0.224. The summed E-state index contributed by atoms with van der Waals surface area (Å²) >= 11 is 1.62. The molecule has 1 fully saturated rings. The molecule has 0 bridgehead atoms. The molecule has 142 valence electrons. The highest BCUT2D eigenvalue weighted by molar-refractivity contribution is 7.20. The van der Waals surface area contributed by atoms with Crippen LogP contribution in [0.3, 0.4) is 0 Å². The van der Waals surface area contributed by atoms with Gasteiger partial charge in [-0.15, -0.1) is 0 Å². The Kier molecular flexibility index (Phi) is 4.46. The average molecular weight is 393 g/mol. The van der Waals surface area contributed by atoms with E-state index in [-0.39, 0.29) is 6.29 Å². The van der Waals surface area contributed by atoms with Gasteiger partial charge in [-0.2, -0.15) is 5.10 Å². The molecule has 0 amide bonds. The highest BCUT2D eigenvalue weighted by Crippen LogP contribution is 2.35. The Labute approximate surface area is 166 Å². The molecule has 0 saturated carbocycles. The van der Waals surface area contributed by atoms with Crippen LogP contribution in [-0.2, 0) is 4.74 Å². The standard InChI is InChI=1S/C21H19N3O3S/c1-25-17-9-8-14(13-18(17)27-20-7-4-12-26-20)16-10-11-22-24(16)21-23-15-5-2-3-6-19(15)28-21/h2-3,5-6,8-11,13,20H,4,7,12H2,1H3.